The van der Waals surface area contributed by atoms with Gasteiger partial charge in [-0.15, -0.1) is 0 Å². The molecular weight excluding hydrogens is 622 g/mol. The Morgan fingerprint density at radius 2 is 1.30 bits per heavy atom. The van der Waals surface area contributed by atoms with Gasteiger partial charge in [0.15, 0.2) is 34.6 Å². The van der Waals surface area contributed by atoms with Crippen molar-refractivity contribution in [2.75, 3.05) is 46.7 Å². The van der Waals surface area contributed by atoms with Crippen LogP contribution in [0.1, 0.15) is 25.0 Å². The molecule has 1 unspecified atom stereocenters. The number of phenolic OH excluding ortho intramolecular Hbond substituents is 1. The summed E-state index contributed by atoms with van der Waals surface area (Å²) in [5, 5.41) is 41.3. The maximum absolute atomic E-state index is 13.3. The minimum atomic E-state index is -1.72. The zero-order valence-corrected chi connectivity index (χ0v) is 25.8. The second-order valence-corrected chi connectivity index (χ2v) is 11.3. The van der Waals surface area contributed by atoms with Gasteiger partial charge in [0.25, 0.3) is 0 Å². The summed E-state index contributed by atoms with van der Waals surface area (Å²) < 4.78 is 15.7. The molecule has 0 saturated carbocycles. The van der Waals surface area contributed by atoms with E-state index in [1.165, 1.54) is 69.5 Å². The van der Waals surface area contributed by atoms with Crippen molar-refractivity contribution in [3.8, 4) is 23.0 Å². The quantitative estimate of drug-likeness (QED) is 0.0504. The number of aliphatic hydroxyl groups is 3. The van der Waals surface area contributed by atoms with E-state index in [4.69, 9.17) is 24.0 Å². The van der Waals surface area contributed by atoms with Crippen LogP contribution in [0.15, 0.2) is 53.7 Å². The molecule has 1 atom stereocenters. The Hall–Kier alpha value is -4.80. The van der Waals surface area contributed by atoms with Crippen molar-refractivity contribution in [1.29, 1.82) is 0 Å². The van der Waals surface area contributed by atoms with Crippen LogP contribution in [0.3, 0.4) is 0 Å². The van der Waals surface area contributed by atoms with Crippen LogP contribution < -0.4 is 14.2 Å². The standard InChI is InChI=1S/C32H35NO14/c1-30(15-34,14-33-42)28(40)47-24-9-5-21(13-25(24)43-3)7-11-27(39)32(18-44-45-19-32)26(38)10-6-20-4-8-23(22(37)12-20)46-29(41)31(2,16-35)17-36/h4-13,34-37H,14-19H2,1-3H3/b10-6+,11-7+. The molecule has 15 heteroatoms. The molecule has 0 aliphatic carbocycles. The number of hydrogen-bond donors (Lipinski definition) is 4. The van der Waals surface area contributed by atoms with Gasteiger partial charge < -0.3 is 34.6 Å². The molecule has 252 valence electrons. The van der Waals surface area contributed by atoms with Crippen molar-refractivity contribution in [3.05, 3.63) is 64.6 Å². The Bertz CT molecular complexity index is 1550. The largest absolute Gasteiger partial charge is 0.504 e. The van der Waals surface area contributed by atoms with Gasteiger partial charge in [-0.05, 0) is 61.4 Å². The first-order chi connectivity index (χ1) is 22.3. The fourth-order valence-electron chi connectivity index (χ4n) is 3.94. The lowest BCUT2D eigenvalue weighted by Gasteiger charge is -2.22. The molecule has 0 aromatic heterocycles. The van der Waals surface area contributed by atoms with Crippen LogP contribution in [-0.2, 0) is 29.0 Å². The molecule has 1 heterocycles. The SMILES string of the molecule is COc1cc(/C=C/C(=O)C2(C(=O)/C=C/c3ccc(OC(=O)C(C)(CO)CO)c(O)c3)COOC2)ccc1OC(=O)C(C)(CO)CN=O. The normalized spacial score (nSPS) is 15.7. The Kier molecular flexibility index (Phi) is 12.2. The van der Waals surface area contributed by atoms with E-state index in [0.717, 1.165) is 12.2 Å². The third-order valence-corrected chi connectivity index (χ3v) is 7.51. The Labute approximate surface area is 268 Å². The smallest absolute Gasteiger partial charge is 0.322 e. The summed E-state index contributed by atoms with van der Waals surface area (Å²) in [5.41, 5.74) is -4.11. The van der Waals surface area contributed by atoms with Gasteiger partial charge in [-0.3, -0.25) is 19.2 Å². The van der Waals surface area contributed by atoms with Gasteiger partial charge in [-0.2, -0.15) is 4.91 Å². The van der Waals surface area contributed by atoms with Crippen molar-refractivity contribution in [2.45, 2.75) is 13.8 Å². The number of aromatic hydroxyl groups is 1. The molecule has 1 saturated heterocycles. The summed E-state index contributed by atoms with van der Waals surface area (Å²) in [6.45, 7) is -0.658. The van der Waals surface area contributed by atoms with Crippen molar-refractivity contribution in [2.24, 2.45) is 21.4 Å². The Balaban J connectivity index is 1.75. The van der Waals surface area contributed by atoms with E-state index < -0.39 is 71.9 Å². The average molecular weight is 658 g/mol. The van der Waals surface area contributed by atoms with Crippen LogP contribution in [0.2, 0.25) is 0 Å². The average Bonchev–Trinajstić information content (AvgIpc) is 3.58. The molecule has 2 aromatic rings. The first-order valence-corrected chi connectivity index (χ1v) is 14.1. The van der Waals surface area contributed by atoms with E-state index in [0.29, 0.717) is 11.1 Å². The Morgan fingerprint density at radius 1 is 0.809 bits per heavy atom. The van der Waals surface area contributed by atoms with Crippen LogP contribution in [0.5, 0.6) is 23.0 Å². The van der Waals surface area contributed by atoms with E-state index in [2.05, 4.69) is 5.18 Å². The van der Waals surface area contributed by atoms with E-state index in [1.54, 1.807) is 0 Å². The maximum atomic E-state index is 13.3. The van der Waals surface area contributed by atoms with Crippen LogP contribution in [0.4, 0.5) is 0 Å². The third kappa shape index (κ3) is 8.33. The van der Waals surface area contributed by atoms with Gasteiger partial charge in [0.2, 0.25) is 0 Å². The fourth-order valence-corrected chi connectivity index (χ4v) is 3.94. The van der Waals surface area contributed by atoms with E-state index >= 15 is 0 Å². The van der Waals surface area contributed by atoms with Crippen molar-refractivity contribution in [1.82, 2.24) is 0 Å². The number of phenols is 1. The fraction of sp³-hybridized carbons (Fsp3) is 0.375. The molecule has 0 spiro atoms. The second-order valence-electron chi connectivity index (χ2n) is 11.3. The lowest BCUT2D eigenvalue weighted by atomic mass is 9.80. The summed E-state index contributed by atoms with van der Waals surface area (Å²) in [6.07, 6.45) is 5.00. The maximum Gasteiger partial charge on any atom is 0.322 e. The number of carbonyl (C=O) groups excluding carboxylic acids is 4. The van der Waals surface area contributed by atoms with Crippen molar-refractivity contribution >= 4 is 35.7 Å². The van der Waals surface area contributed by atoms with Gasteiger partial charge in [-0.1, -0.05) is 29.5 Å². The van der Waals surface area contributed by atoms with Gasteiger partial charge >= 0.3 is 11.9 Å². The molecular formula is C32H35NO14. The summed E-state index contributed by atoms with van der Waals surface area (Å²) in [7, 11) is 1.32. The molecule has 1 aliphatic rings. The summed E-state index contributed by atoms with van der Waals surface area (Å²) in [4.78, 5) is 71.9. The van der Waals surface area contributed by atoms with Crippen LogP contribution in [-0.4, -0.2) is 90.6 Å². The van der Waals surface area contributed by atoms with Gasteiger partial charge in [0, 0.05) is 0 Å². The molecule has 0 bridgehead atoms. The van der Waals surface area contributed by atoms with E-state index in [-0.39, 0.29) is 30.5 Å². The minimum Gasteiger partial charge on any atom is -0.504 e. The van der Waals surface area contributed by atoms with Gasteiger partial charge in [0.1, 0.15) is 29.5 Å². The van der Waals surface area contributed by atoms with Gasteiger partial charge in [0.05, 0.1) is 33.5 Å². The number of ketones is 2. The molecule has 47 heavy (non-hydrogen) atoms. The molecule has 1 aliphatic heterocycles. The zero-order valence-electron chi connectivity index (χ0n) is 25.8. The molecule has 2 aromatic carbocycles. The zero-order chi connectivity index (χ0) is 34.8. The third-order valence-electron chi connectivity index (χ3n) is 7.51. The molecule has 0 radical (unpaired) electrons. The molecule has 4 N–H and O–H groups in total. The van der Waals surface area contributed by atoms with Crippen molar-refractivity contribution < 1.29 is 63.6 Å². The van der Waals surface area contributed by atoms with E-state index in [9.17, 15) is 44.5 Å². The Morgan fingerprint density at radius 3 is 1.79 bits per heavy atom. The summed E-state index contributed by atoms with van der Waals surface area (Å²) >= 11 is 0. The molecule has 3 rings (SSSR count). The van der Waals surface area contributed by atoms with Crippen LogP contribution >= 0.6 is 0 Å². The monoisotopic (exact) mass is 657 g/mol. The minimum absolute atomic E-state index is 0.00745. The van der Waals surface area contributed by atoms with Crippen LogP contribution in [0.25, 0.3) is 12.2 Å². The first kappa shape index (κ1) is 36.7. The molecule has 0 amide bonds. The predicted octanol–water partition coefficient (Wildman–Crippen LogP) is 1.78. The topological polar surface area (TPSA) is 225 Å². The lowest BCUT2D eigenvalue weighted by Crippen LogP contribution is -2.40. The number of nitrogens with zero attached hydrogens (tertiary/aromatic N) is 1. The van der Waals surface area contributed by atoms with Crippen LogP contribution in [0, 0.1) is 21.2 Å². The lowest BCUT2D eigenvalue weighted by molar-refractivity contribution is -0.248. The van der Waals surface area contributed by atoms with E-state index in [1.807, 2.05) is 0 Å². The summed E-state index contributed by atoms with van der Waals surface area (Å²) in [6, 6.07) is 8.23. The predicted molar refractivity (Wildman–Crippen MR) is 163 cm³/mol. The number of allylic oxidation sites excluding steroid dienone is 2. The number of esters is 2. The number of ether oxygens (including phenoxy) is 3. The number of carbonyl (C=O) groups is 4. The van der Waals surface area contributed by atoms with Gasteiger partial charge in [-0.25, -0.2) is 9.78 Å². The number of nitroso groups, excluding NO2 is 1. The number of methoxy groups -OCH3 is 1. The highest BCUT2D eigenvalue weighted by Gasteiger charge is 2.48. The molecule has 1 fully saturated rings. The highest BCUT2D eigenvalue weighted by molar-refractivity contribution is 6.17. The second kappa shape index (κ2) is 15.7. The highest BCUT2D eigenvalue weighted by Crippen LogP contribution is 2.34. The summed E-state index contributed by atoms with van der Waals surface area (Å²) in [5.74, 6) is -3.74. The molecule has 15 nitrogen and oxygen atoms in total. The van der Waals surface area contributed by atoms with Crippen molar-refractivity contribution in [3.63, 3.8) is 0 Å². The number of aliphatic hydroxyl groups excluding tert-OH is 3. The number of benzene rings is 2. The number of rotatable bonds is 16. The first-order valence-electron chi connectivity index (χ1n) is 14.1. The number of hydrogen-bond acceptors (Lipinski definition) is 15. The highest BCUT2D eigenvalue weighted by atomic mass is 17.2.